The summed E-state index contributed by atoms with van der Waals surface area (Å²) < 4.78 is 0. The van der Waals surface area contributed by atoms with Crippen molar-refractivity contribution in [1.82, 2.24) is 5.32 Å². The van der Waals surface area contributed by atoms with Gasteiger partial charge in [-0.3, -0.25) is 9.59 Å². The van der Waals surface area contributed by atoms with Gasteiger partial charge in [-0.15, -0.1) is 0 Å². The highest BCUT2D eigenvalue weighted by Crippen LogP contribution is 2.07. The van der Waals surface area contributed by atoms with Gasteiger partial charge in [0.2, 0.25) is 0 Å². The van der Waals surface area contributed by atoms with Crippen molar-refractivity contribution in [2.75, 3.05) is 5.32 Å². The molecule has 0 fully saturated rings. The molecule has 2 amide bonds. The molecule has 0 spiro atoms. The molecule has 0 aromatic heterocycles. The Morgan fingerprint density at radius 2 is 1.52 bits per heavy atom. The molecule has 2 aromatic rings. The number of amides is 2. The average Bonchev–Trinajstić information content (AvgIpc) is 2.56. The summed E-state index contributed by atoms with van der Waals surface area (Å²) in [4.78, 5) is 23.7. The molecular formula is C18H20N2O3. The first-order chi connectivity index (χ1) is 11.1. The van der Waals surface area contributed by atoms with Crippen LogP contribution < -0.4 is 10.6 Å². The number of para-hydroxylation sites is 1. The van der Waals surface area contributed by atoms with Crippen LogP contribution in [0.15, 0.2) is 60.7 Å². The summed E-state index contributed by atoms with van der Waals surface area (Å²) in [6.07, 6.45) is -0.367. The van der Waals surface area contributed by atoms with Crippen LogP contribution in [-0.2, 0) is 16.0 Å². The number of benzene rings is 2. The molecule has 23 heavy (non-hydrogen) atoms. The maximum absolute atomic E-state index is 11.9. The maximum Gasteiger partial charge on any atom is 0.313 e. The Morgan fingerprint density at radius 3 is 2.13 bits per heavy atom. The lowest BCUT2D eigenvalue weighted by molar-refractivity contribution is -0.137. The van der Waals surface area contributed by atoms with Crippen LogP contribution in [0.5, 0.6) is 0 Å². The number of carbonyl (C=O) groups is 2. The number of hydrogen-bond donors (Lipinski definition) is 3. The molecule has 2 unspecified atom stereocenters. The minimum Gasteiger partial charge on any atom is -0.391 e. The van der Waals surface area contributed by atoms with Gasteiger partial charge >= 0.3 is 11.8 Å². The Bertz CT molecular complexity index is 644. The Balaban J connectivity index is 1.85. The number of aliphatic hydroxyl groups excluding tert-OH is 1. The van der Waals surface area contributed by atoms with Gasteiger partial charge in [-0.1, -0.05) is 48.5 Å². The zero-order valence-corrected chi connectivity index (χ0v) is 12.9. The van der Waals surface area contributed by atoms with E-state index in [1.807, 2.05) is 36.4 Å². The van der Waals surface area contributed by atoms with E-state index in [2.05, 4.69) is 10.6 Å². The fourth-order valence-electron chi connectivity index (χ4n) is 2.11. The van der Waals surface area contributed by atoms with Crippen LogP contribution in [0.25, 0.3) is 0 Å². The predicted molar refractivity (Wildman–Crippen MR) is 88.8 cm³/mol. The van der Waals surface area contributed by atoms with E-state index < -0.39 is 24.0 Å². The molecule has 120 valence electrons. The second-order valence-corrected chi connectivity index (χ2v) is 5.34. The molecule has 0 heterocycles. The van der Waals surface area contributed by atoms with Crippen molar-refractivity contribution < 1.29 is 14.7 Å². The molecule has 3 N–H and O–H groups in total. The highest BCUT2D eigenvalue weighted by atomic mass is 16.3. The first-order valence-corrected chi connectivity index (χ1v) is 7.45. The lowest BCUT2D eigenvalue weighted by atomic mass is 10.0. The van der Waals surface area contributed by atoms with Crippen LogP contribution in [0.1, 0.15) is 12.5 Å². The topological polar surface area (TPSA) is 78.4 Å². The number of hydrogen-bond acceptors (Lipinski definition) is 3. The SMILES string of the molecule is CC(NC(=O)C(=O)Nc1ccccc1)C(O)Cc1ccccc1. The van der Waals surface area contributed by atoms with E-state index in [-0.39, 0.29) is 0 Å². The molecule has 2 aromatic carbocycles. The fraction of sp³-hybridized carbons (Fsp3) is 0.222. The largest absolute Gasteiger partial charge is 0.391 e. The molecule has 0 aliphatic heterocycles. The van der Waals surface area contributed by atoms with Gasteiger partial charge in [0.05, 0.1) is 12.1 Å². The first kappa shape index (κ1) is 16.7. The third-order valence-electron chi connectivity index (χ3n) is 3.46. The van der Waals surface area contributed by atoms with E-state index in [4.69, 9.17) is 0 Å². The zero-order valence-electron chi connectivity index (χ0n) is 12.9. The lowest BCUT2D eigenvalue weighted by Crippen LogP contribution is -2.46. The van der Waals surface area contributed by atoms with E-state index in [0.29, 0.717) is 12.1 Å². The summed E-state index contributed by atoms with van der Waals surface area (Å²) in [5.74, 6) is -1.52. The highest BCUT2D eigenvalue weighted by Gasteiger charge is 2.21. The van der Waals surface area contributed by atoms with Gasteiger partial charge in [0, 0.05) is 12.1 Å². The molecule has 0 radical (unpaired) electrons. The Hall–Kier alpha value is -2.66. The van der Waals surface area contributed by atoms with Crippen molar-refractivity contribution in [3.05, 3.63) is 66.2 Å². The summed E-state index contributed by atoms with van der Waals surface area (Å²) >= 11 is 0. The van der Waals surface area contributed by atoms with Crippen LogP contribution in [0, 0.1) is 0 Å². The number of nitrogens with one attached hydrogen (secondary N) is 2. The van der Waals surface area contributed by atoms with Crippen molar-refractivity contribution in [3.63, 3.8) is 0 Å². The van der Waals surface area contributed by atoms with Gasteiger partial charge < -0.3 is 15.7 Å². The molecular weight excluding hydrogens is 292 g/mol. The summed E-state index contributed by atoms with van der Waals surface area (Å²) in [6.45, 7) is 1.67. The van der Waals surface area contributed by atoms with Crippen molar-refractivity contribution in [2.24, 2.45) is 0 Å². The van der Waals surface area contributed by atoms with Crippen LogP contribution in [0.3, 0.4) is 0 Å². The van der Waals surface area contributed by atoms with Crippen LogP contribution in [0.4, 0.5) is 5.69 Å². The second-order valence-electron chi connectivity index (χ2n) is 5.34. The normalized spacial score (nSPS) is 13.0. The molecule has 2 atom stereocenters. The van der Waals surface area contributed by atoms with Gasteiger partial charge in [-0.2, -0.15) is 0 Å². The average molecular weight is 312 g/mol. The minimum absolute atomic E-state index is 0.405. The fourth-order valence-corrected chi connectivity index (χ4v) is 2.11. The Morgan fingerprint density at radius 1 is 0.957 bits per heavy atom. The smallest absolute Gasteiger partial charge is 0.313 e. The summed E-state index contributed by atoms with van der Waals surface area (Å²) in [5.41, 5.74) is 1.51. The third kappa shape index (κ3) is 5.23. The standard InChI is InChI=1S/C18H20N2O3/c1-13(16(21)12-14-8-4-2-5-9-14)19-17(22)18(23)20-15-10-6-3-7-11-15/h2-11,13,16,21H,12H2,1H3,(H,19,22)(H,20,23). The number of rotatable bonds is 5. The monoisotopic (exact) mass is 312 g/mol. The number of carbonyl (C=O) groups excluding carboxylic acids is 2. The maximum atomic E-state index is 11.9. The molecule has 0 aliphatic rings. The van der Waals surface area contributed by atoms with Gasteiger partial charge in [-0.25, -0.2) is 0 Å². The van der Waals surface area contributed by atoms with Gasteiger partial charge in [0.1, 0.15) is 0 Å². The lowest BCUT2D eigenvalue weighted by Gasteiger charge is -2.20. The first-order valence-electron chi connectivity index (χ1n) is 7.45. The summed E-state index contributed by atoms with van der Waals surface area (Å²) in [7, 11) is 0. The number of anilines is 1. The van der Waals surface area contributed by atoms with E-state index in [0.717, 1.165) is 5.56 Å². The van der Waals surface area contributed by atoms with E-state index in [1.165, 1.54) is 0 Å². The second kappa shape index (κ2) is 8.10. The Kier molecular flexibility index (Phi) is 5.88. The predicted octanol–water partition coefficient (Wildman–Crippen LogP) is 1.73. The molecule has 5 nitrogen and oxygen atoms in total. The zero-order chi connectivity index (χ0) is 16.7. The Labute approximate surface area is 135 Å². The third-order valence-corrected chi connectivity index (χ3v) is 3.46. The molecule has 2 rings (SSSR count). The van der Waals surface area contributed by atoms with Crippen molar-refractivity contribution in [3.8, 4) is 0 Å². The van der Waals surface area contributed by atoms with E-state index >= 15 is 0 Å². The van der Waals surface area contributed by atoms with Crippen LogP contribution in [0.2, 0.25) is 0 Å². The molecule has 0 saturated heterocycles. The molecule has 0 bridgehead atoms. The van der Waals surface area contributed by atoms with Crippen LogP contribution in [-0.4, -0.2) is 29.1 Å². The highest BCUT2D eigenvalue weighted by molar-refractivity contribution is 6.39. The quantitative estimate of drug-likeness (QED) is 0.736. The van der Waals surface area contributed by atoms with Gasteiger partial charge in [0.25, 0.3) is 0 Å². The molecule has 0 saturated carbocycles. The van der Waals surface area contributed by atoms with Crippen molar-refractivity contribution in [2.45, 2.75) is 25.5 Å². The molecule has 0 aliphatic carbocycles. The van der Waals surface area contributed by atoms with E-state index in [1.54, 1.807) is 31.2 Å². The van der Waals surface area contributed by atoms with E-state index in [9.17, 15) is 14.7 Å². The van der Waals surface area contributed by atoms with Crippen molar-refractivity contribution >= 4 is 17.5 Å². The number of aliphatic hydroxyl groups is 1. The summed E-state index contributed by atoms with van der Waals surface area (Å²) in [5, 5.41) is 15.2. The van der Waals surface area contributed by atoms with Crippen LogP contribution >= 0.6 is 0 Å². The van der Waals surface area contributed by atoms with Crippen molar-refractivity contribution in [1.29, 1.82) is 0 Å². The minimum atomic E-state index is -0.772. The summed E-state index contributed by atoms with van der Waals surface area (Å²) in [6, 6.07) is 17.7. The molecule has 5 heteroatoms. The van der Waals surface area contributed by atoms with Gasteiger partial charge in [0.15, 0.2) is 0 Å². The van der Waals surface area contributed by atoms with Gasteiger partial charge in [-0.05, 0) is 24.6 Å².